The van der Waals surface area contributed by atoms with Crippen LogP contribution in [0.3, 0.4) is 0 Å². The molecular weight excluding hydrogens is 478 g/mol. The number of hydrogen-bond acceptors (Lipinski definition) is 5. The van der Waals surface area contributed by atoms with E-state index in [1.165, 1.54) is 11.9 Å². The number of carbonyl (C=O) groups excluding carboxylic acids is 2. The molecule has 0 aliphatic heterocycles. The molecule has 8 nitrogen and oxygen atoms in total. The average molecular weight is 510 g/mol. The summed E-state index contributed by atoms with van der Waals surface area (Å²) in [6.07, 6.45) is 1.04. The Morgan fingerprint density at radius 1 is 0.917 bits per heavy atom. The van der Waals surface area contributed by atoms with E-state index >= 15 is 0 Å². The zero-order chi connectivity index (χ0) is 26.3. The van der Waals surface area contributed by atoms with Crippen LogP contribution in [0.15, 0.2) is 78.9 Å². The number of ether oxygens (including phenoxy) is 1. The molecule has 0 saturated heterocycles. The van der Waals surface area contributed by atoms with Crippen LogP contribution in [0.2, 0.25) is 0 Å². The Morgan fingerprint density at radius 3 is 2.06 bits per heavy atom. The second-order valence-corrected chi connectivity index (χ2v) is 10.4. The molecule has 0 fully saturated rings. The molecule has 3 rings (SSSR count). The zero-order valence-electron chi connectivity index (χ0n) is 20.8. The minimum Gasteiger partial charge on any atom is -0.457 e. The third-order valence-electron chi connectivity index (χ3n) is 5.67. The molecule has 0 aliphatic rings. The Kier molecular flexibility index (Phi) is 8.71. The molecule has 3 aromatic rings. The molecule has 0 bridgehead atoms. The SMILES string of the molecule is CNC(=O)[C@H](C)N(Cc1ccc(C)cc1)C(=O)CN(c1ccc(Oc2ccccc2)cc1)S(C)(=O)=O. The Labute approximate surface area is 212 Å². The molecule has 2 amide bonds. The Morgan fingerprint density at radius 2 is 1.50 bits per heavy atom. The number of hydrogen-bond donors (Lipinski definition) is 1. The molecule has 0 aliphatic carbocycles. The maximum absolute atomic E-state index is 13.4. The van der Waals surface area contributed by atoms with E-state index in [1.54, 1.807) is 31.2 Å². The van der Waals surface area contributed by atoms with Gasteiger partial charge in [-0.3, -0.25) is 13.9 Å². The van der Waals surface area contributed by atoms with Crippen molar-refractivity contribution in [2.45, 2.75) is 26.4 Å². The van der Waals surface area contributed by atoms with Crippen LogP contribution in [-0.2, 0) is 26.2 Å². The quantitative estimate of drug-likeness (QED) is 0.450. The lowest BCUT2D eigenvalue weighted by molar-refractivity contribution is -0.139. The fourth-order valence-corrected chi connectivity index (χ4v) is 4.45. The first-order valence-corrected chi connectivity index (χ1v) is 13.3. The number of nitrogens with zero attached hydrogens (tertiary/aromatic N) is 2. The summed E-state index contributed by atoms with van der Waals surface area (Å²) in [6.45, 7) is 3.28. The molecule has 3 aromatic carbocycles. The standard InChI is InChI=1S/C27H31N3O5S/c1-20-10-12-22(13-11-20)18-29(21(2)27(32)28-3)26(31)19-30(36(4,33)34)23-14-16-25(17-15-23)35-24-8-6-5-7-9-24/h5-17,21H,18-19H2,1-4H3,(H,28,32)/t21-/m0/s1. The largest absolute Gasteiger partial charge is 0.457 e. The molecule has 0 saturated carbocycles. The molecule has 36 heavy (non-hydrogen) atoms. The molecule has 0 spiro atoms. The number of benzene rings is 3. The number of para-hydroxylation sites is 1. The highest BCUT2D eigenvalue weighted by atomic mass is 32.2. The van der Waals surface area contributed by atoms with Gasteiger partial charge in [-0.2, -0.15) is 0 Å². The molecule has 0 radical (unpaired) electrons. The van der Waals surface area contributed by atoms with Crippen LogP contribution >= 0.6 is 0 Å². The number of sulfonamides is 1. The number of amides is 2. The van der Waals surface area contributed by atoms with Gasteiger partial charge >= 0.3 is 0 Å². The lowest BCUT2D eigenvalue weighted by atomic mass is 10.1. The van der Waals surface area contributed by atoms with Gasteiger partial charge in [0.15, 0.2) is 0 Å². The number of rotatable bonds is 10. The van der Waals surface area contributed by atoms with E-state index in [2.05, 4.69) is 5.32 Å². The van der Waals surface area contributed by atoms with E-state index in [1.807, 2.05) is 61.5 Å². The van der Waals surface area contributed by atoms with Gasteiger partial charge in [0.25, 0.3) is 0 Å². The third-order valence-corrected chi connectivity index (χ3v) is 6.81. The lowest BCUT2D eigenvalue weighted by Gasteiger charge is -2.31. The Hall–Kier alpha value is -3.85. The Balaban J connectivity index is 1.84. The number of carbonyl (C=O) groups is 2. The van der Waals surface area contributed by atoms with Crippen LogP contribution in [0.5, 0.6) is 11.5 Å². The van der Waals surface area contributed by atoms with Crippen molar-refractivity contribution >= 4 is 27.5 Å². The van der Waals surface area contributed by atoms with Crippen molar-refractivity contribution in [1.29, 1.82) is 0 Å². The van der Waals surface area contributed by atoms with Crippen LogP contribution in [0.25, 0.3) is 0 Å². The maximum Gasteiger partial charge on any atom is 0.244 e. The first kappa shape index (κ1) is 26.7. The van der Waals surface area contributed by atoms with Crippen molar-refractivity contribution < 1.29 is 22.7 Å². The first-order valence-electron chi connectivity index (χ1n) is 11.5. The highest BCUT2D eigenvalue weighted by molar-refractivity contribution is 7.92. The van der Waals surface area contributed by atoms with Crippen molar-refractivity contribution in [2.24, 2.45) is 0 Å². The number of anilines is 1. The molecule has 1 atom stereocenters. The van der Waals surface area contributed by atoms with E-state index in [0.29, 0.717) is 17.2 Å². The summed E-state index contributed by atoms with van der Waals surface area (Å²) >= 11 is 0. The minimum absolute atomic E-state index is 0.162. The van der Waals surface area contributed by atoms with Gasteiger partial charge in [0, 0.05) is 13.6 Å². The summed E-state index contributed by atoms with van der Waals surface area (Å²) in [5, 5.41) is 2.56. The van der Waals surface area contributed by atoms with E-state index in [4.69, 9.17) is 4.74 Å². The molecule has 0 unspecified atom stereocenters. The summed E-state index contributed by atoms with van der Waals surface area (Å²) in [5.74, 6) is 0.333. The van der Waals surface area contributed by atoms with Crippen LogP contribution in [-0.4, -0.2) is 51.0 Å². The number of nitrogens with one attached hydrogen (secondary N) is 1. The summed E-state index contributed by atoms with van der Waals surface area (Å²) in [4.78, 5) is 27.2. The van der Waals surface area contributed by atoms with Gasteiger partial charge in [-0.05, 0) is 55.8 Å². The van der Waals surface area contributed by atoms with Gasteiger partial charge in [0.05, 0.1) is 11.9 Å². The van der Waals surface area contributed by atoms with Crippen LogP contribution in [0, 0.1) is 6.92 Å². The van der Waals surface area contributed by atoms with Gasteiger partial charge in [0.1, 0.15) is 24.1 Å². The van der Waals surface area contributed by atoms with E-state index in [-0.39, 0.29) is 12.5 Å². The minimum atomic E-state index is -3.80. The summed E-state index contributed by atoms with van der Waals surface area (Å²) in [7, 11) is -2.31. The zero-order valence-corrected chi connectivity index (χ0v) is 21.7. The van der Waals surface area contributed by atoms with E-state index < -0.39 is 28.5 Å². The molecule has 190 valence electrons. The fourth-order valence-electron chi connectivity index (χ4n) is 3.60. The van der Waals surface area contributed by atoms with Gasteiger partial charge in [-0.15, -0.1) is 0 Å². The van der Waals surface area contributed by atoms with Crippen LogP contribution in [0.4, 0.5) is 5.69 Å². The second kappa shape index (κ2) is 11.7. The van der Waals surface area contributed by atoms with Gasteiger partial charge < -0.3 is 15.0 Å². The van der Waals surface area contributed by atoms with Crippen molar-refractivity contribution in [3.05, 3.63) is 90.0 Å². The first-order chi connectivity index (χ1) is 17.1. The van der Waals surface area contributed by atoms with Gasteiger partial charge in [-0.25, -0.2) is 8.42 Å². The van der Waals surface area contributed by atoms with Crippen molar-refractivity contribution in [3.63, 3.8) is 0 Å². The highest BCUT2D eigenvalue weighted by Crippen LogP contribution is 2.26. The third kappa shape index (κ3) is 7.08. The summed E-state index contributed by atoms with van der Waals surface area (Å²) in [5.41, 5.74) is 2.21. The predicted octanol–water partition coefficient (Wildman–Crippen LogP) is 3.72. The van der Waals surface area contributed by atoms with Crippen molar-refractivity contribution in [2.75, 3.05) is 24.2 Å². The molecule has 0 aromatic heterocycles. The molecular formula is C27H31N3O5S. The van der Waals surface area contributed by atoms with Crippen LogP contribution in [0.1, 0.15) is 18.1 Å². The highest BCUT2D eigenvalue weighted by Gasteiger charge is 2.29. The molecule has 1 N–H and O–H groups in total. The second-order valence-electron chi connectivity index (χ2n) is 8.48. The monoisotopic (exact) mass is 509 g/mol. The smallest absolute Gasteiger partial charge is 0.244 e. The Bertz CT molecular complexity index is 1280. The average Bonchev–Trinajstić information content (AvgIpc) is 2.86. The summed E-state index contributed by atoms with van der Waals surface area (Å²) < 4.78 is 32.1. The lowest BCUT2D eigenvalue weighted by Crippen LogP contribution is -2.50. The van der Waals surface area contributed by atoms with E-state index in [9.17, 15) is 18.0 Å². The number of aryl methyl sites for hydroxylation is 1. The molecule has 0 heterocycles. The fraction of sp³-hybridized carbons (Fsp3) is 0.259. The maximum atomic E-state index is 13.4. The molecule has 9 heteroatoms. The van der Waals surface area contributed by atoms with E-state index in [0.717, 1.165) is 21.7 Å². The van der Waals surface area contributed by atoms with Crippen LogP contribution < -0.4 is 14.4 Å². The normalized spacial score (nSPS) is 11.9. The van der Waals surface area contributed by atoms with Crippen molar-refractivity contribution in [1.82, 2.24) is 10.2 Å². The number of likely N-dealkylation sites (N-methyl/N-ethyl adjacent to an activating group) is 1. The summed E-state index contributed by atoms with van der Waals surface area (Å²) in [6, 6.07) is 22.5. The predicted molar refractivity (Wildman–Crippen MR) is 140 cm³/mol. The van der Waals surface area contributed by atoms with Gasteiger partial charge in [-0.1, -0.05) is 48.0 Å². The van der Waals surface area contributed by atoms with Gasteiger partial charge in [0.2, 0.25) is 21.8 Å². The van der Waals surface area contributed by atoms with Crippen molar-refractivity contribution in [3.8, 4) is 11.5 Å². The topological polar surface area (TPSA) is 96.0 Å².